The molecule has 1 aliphatic carbocycles. The number of hydrogen-bond donors (Lipinski definition) is 2. The van der Waals surface area contributed by atoms with Crippen molar-refractivity contribution in [2.24, 2.45) is 5.73 Å². The molecular formula is C21H23ClN2S. The summed E-state index contributed by atoms with van der Waals surface area (Å²) in [6, 6.07) is 19.1. The fourth-order valence-corrected chi connectivity index (χ4v) is 5.44. The highest BCUT2D eigenvalue weighted by atomic mass is 35.5. The van der Waals surface area contributed by atoms with Crippen LogP contribution in [0.2, 0.25) is 5.02 Å². The van der Waals surface area contributed by atoms with Crippen LogP contribution in [0.15, 0.2) is 65.2 Å². The Morgan fingerprint density at radius 1 is 1.04 bits per heavy atom. The Morgan fingerprint density at radius 3 is 2.40 bits per heavy atom. The molecule has 1 saturated carbocycles. The van der Waals surface area contributed by atoms with Crippen LogP contribution in [0.3, 0.4) is 0 Å². The maximum absolute atomic E-state index is 6.29. The quantitative estimate of drug-likeness (QED) is 0.778. The molecular weight excluding hydrogens is 348 g/mol. The smallest absolute Gasteiger partial charge is 0.127 e. The van der Waals surface area contributed by atoms with Gasteiger partial charge in [-0.25, -0.2) is 0 Å². The summed E-state index contributed by atoms with van der Waals surface area (Å²) in [6.45, 7) is 0. The van der Waals surface area contributed by atoms with Crippen molar-refractivity contribution in [1.82, 2.24) is 5.32 Å². The van der Waals surface area contributed by atoms with Gasteiger partial charge in [0.05, 0.1) is 0 Å². The number of benzene rings is 2. The Balaban J connectivity index is 1.76. The van der Waals surface area contributed by atoms with Crippen LogP contribution in [0.4, 0.5) is 0 Å². The Bertz CT molecular complexity index is 764. The highest BCUT2D eigenvalue weighted by Crippen LogP contribution is 2.50. The fourth-order valence-electron chi connectivity index (χ4n) is 4.21. The van der Waals surface area contributed by atoms with Gasteiger partial charge < -0.3 is 11.1 Å². The molecule has 2 aliphatic rings. The van der Waals surface area contributed by atoms with Gasteiger partial charge >= 0.3 is 0 Å². The van der Waals surface area contributed by atoms with Gasteiger partial charge in [0.25, 0.3) is 0 Å². The summed E-state index contributed by atoms with van der Waals surface area (Å²) in [5.74, 6) is 0. The number of thioether (sulfide) groups is 1. The number of rotatable bonds is 4. The minimum absolute atomic E-state index is 0.0514. The molecule has 0 radical (unpaired) electrons. The van der Waals surface area contributed by atoms with Gasteiger partial charge in [-0.05, 0) is 36.1 Å². The summed E-state index contributed by atoms with van der Waals surface area (Å²) in [5, 5.41) is 4.40. The lowest BCUT2D eigenvalue weighted by Crippen LogP contribution is -2.38. The first-order chi connectivity index (χ1) is 12.2. The van der Waals surface area contributed by atoms with E-state index in [0.717, 1.165) is 11.4 Å². The second-order valence-corrected chi connectivity index (χ2v) is 8.61. The van der Waals surface area contributed by atoms with Crippen LogP contribution < -0.4 is 11.1 Å². The van der Waals surface area contributed by atoms with E-state index in [-0.39, 0.29) is 10.9 Å². The Hall–Kier alpha value is -1.42. The molecule has 1 unspecified atom stereocenters. The average Bonchev–Trinajstić information content (AvgIpc) is 3.24. The molecule has 25 heavy (non-hydrogen) atoms. The molecule has 3 N–H and O–H groups in total. The molecule has 0 spiro atoms. The van der Waals surface area contributed by atoms with E-state index in [9.17, 15) is 0 Å². The third-order valence-electron chi connectivity index (χ3n) is 5.37. The lowest BCUT2D eigenvalue weighted by atomic mass is 9.75. The standard InChI is InChI=1S/C21H23ClN2S/c22-17-10-8-16(9-11-17)21(12-4-5-13-21)19-18(25-20(23)24-19)14-15-6-2-1-3-7-15/h1-3,6-11,20,24H,4-5,12-14,23H2. The van der Waals surface area contributed by atoms with E-state index in [0.29, 0.717) is 0 Å². The lowest BCUT2D eigenvalue weighted by molar-refractivity contribution is 0.478. The molecule has 0 amide bonds. The largest absolute Gasteiger partial charge is 0.363 e. The highest BCUT2D eigenvalue weighted by Gasteiger charge is 2.43. The second kappa shape index (κ2) is 7.06. The molecule has 2 aromatic rings. The number of allylic oxidation sites excluding steroid dienone is 2. The van der Waals surface area contributed by atoms with Gasteiger partial charge in [-0.1, -0.05) is 78.7 Å². The lowest BCUT2D eigenvalue weighted by Gasteiger charge is -2.33. The molecule has 4 rings (SSSR count). The maximum Gasteiger partial charge on any atom is 0.127 e. The van der Waals surface area contributed by atoms with E-state index in [2.05, 4.69) is 47.8 Å². The molecule has 4 heteroatoms. The van der Waals surface area contributed by atoms with Gasteiger partial charge in [0.1, 0.15) is 5.50 Å². The molecule has 0 aromatic heterocycles. The van der Waals surface area contributed by atoms with E-state index >= 15 is 0 Å². The van der Waals surface area contributed by atoms with Crippen molar-refractivity contribution >= 4 is 23.4 Å². The van der Waals surface area contributed by atoms with Crippen LogP contribution in [-0.2, 0) is 11.8 Å². The number of halogens is 1. The van der Waals surface area contributed by atoms with Gasteiger partial charge in [-0.3, -0.25) is 0 Å². The van der Waals surface area contributed by atoms with Crippen LogP contribution >= 0.6 is 23.4 Å². The Kier molecular flexibility index (Phi) is 4.81. The molecule has 1 aliphatic heterocycles. The van der Waals surface area contributed by atoms with Crippen molar-refractivity contribution in [3.8, 4) is 0 Å². The van der Waals surface area contributed by atoms with Gasteiger partial charge in [-0.2, -0.15) is 0 Å². The summed E-state index contributed by atoms with van der Waals surface area (Å²) in [4.78, 5) is 1.38. The molecule has 1 fully saturated rings. The molecule has 1 atom stereocenters. The van der Waals surface area contributed by atoms with Gasteiger partial charge in [-0.15, -0.1) is 0 Å². The van der Waals surface area contributed by atoms with E-state index in [1.807, 2.05) is 12.1 Å². The topological polar surface area (TPSA) is 38.0 Å². The summed E-state index contributed by atoms with van der Waals surface area (Å²) >= 11 is 7.90. The van der Waals surface area contributed by atoms with E-state index in [1.54, 1.807) is 11.8 Å². The van der Waals surface area contributed by atoms with Crippen molar-refractivity contribution in [3.05, 3.63) is 81.3 Å². The maximum atomic E-state index is 6.29. The van der Waals surface area contributed by atoms with Crippen molar-refractivity contribution in [1.29, 1.82) is 0 Å². The van der Waals surface area contributed by atoms with Crippen LogP contribution in [0.5, 0.6) is 0 Å². The minimum Gasteiger partial charge on any atom is -0.363 e. The molecule has 1 heterocycles. The van der Waals surface area contributed by atoms with E-state index in [4.69, 9.17) is 17.3 Å². The normalized spacial score (nSPS) is 22.2. The van der Waals surface area contributed by atoms with Gasteiger partial charge in [0.2, 0.25) is 0 Å². The van der Waals surface area contributed by atoms with E-state index < -0.39 is 0 Å². The first kappa shape index (κ1) is 17.0. The molecule has 2 aromatic carbocycles. The van der Waals surface area contributed by atoms with Crippen LogP contribution in [-0.4, -0.2) is 5.50 Å². The third kappa shape index (κ3) is 3.33. The van der Waals surface area contributed by atoms with Crippen molar-refractivity contribution < 1.29 is 0 Å². The third-order valence-corrected chi connectivity index (χ3v) is 6.63. The Labute approximate surface area is 158 Å². The van der Waals surface area contributed by atoms with Crippen molar-refractivity contribution in [2.75, 3.05) is 0 Å². The van der Waals surface area contributed by atoms with Crippen molar-refractivity contribution in [2.45, 2.75) is 43.0 Å². The zero-order valence-corrected chi connectivity index (χ0v) is 15.7. The zero-order chi connectivity index (χ0) is 17.3. The van der Waals surface area contributed by atoms with Crippen molar-refractivity contribution in [3.63, 3.8) is 0 Å². The molecule has 0 bridgehead atoms. The van der Waals surface area contributed by atoms with E-state index in [1.165, 1.54) is 47.4 Å². The number of hydrogen-bond acceptors (Lipinski definition) is 3. The fraction of sp³-hybridized carbons (Fsp3) is 0.333. The molecule has 0 saturated heterocycles. The Morgan fingerprint density at radius 2 is 1.72 bits per heavy atom. The van der Waals surface area contributed by atoms with Crippen LogP contribution in [0, 0.1) is 0 Å². The first-order valence-electron chi connectivity index (χ1n) is 8.90. The van der Waals surface area contributed by atoms with Crippen LogP contribution in [0.1, 0.15) is 36.8 Å². The average molecular weight is 371 g/mol. The number of nitrogens with two attached hydrogens (primary N) is 1. The number of nitrogens with one attached hydrogen (secondary N) is 1. The highest BCUT2D eigenvalue weighted by molar-refractivity contribution is 8.03. The summed E-state index contributed by atoms with van der Waals surface area (Å²) < 4.78 is 0. The van der Waals surface area contributed by atoms with Gasteiger partial charge in [0.15, 0.2) is 0 Å². The minimum atomic E-state index is -0.0570. The first-order valence-corrected chi connectivity index (χ1v) is 10.2. The predicted octanol–water partition coefficient (Wildman–Crippen LogP) is 5.18. The monoisotopic (exact) mass is 370 g/mol. The summed E-state index contributed by atoms with van der Waals surface area (Å²) in [7, 11) is 0. The van der Waals surface area contributed by atoms with Crippen LogP contribution in [0.25, 0.3) is 0 Å². The SMILES string of the molecule is NC1NC(C2(c3ccc(Cl)cc3)CCCC2)=C(Cc2ccccc2)S1. The second-order valence-electron chi connectivity index (χ2n) is 6.94. The summed E-state index contributed by atoms with van der Waals surface area (Å²) in [6.07, 6.45) is 5.79. The zero-order valence-electron chi connectivity index (χ0n) is 14.2. The summed E-state index contributed by atoms with van der Waals surface area (Å²) in [5.41, 5.74) is 10.3. The van der Waals surface area contributed by atoms with Gasteiger partial charge in [0, 0.05) is 27.5 Å². The predicted molar refractivity (Wildman–Crippen MR) is 107 cm³/mol. The molecule has 2 nitrogen and oxygen atoms in total. The molecule has 130 valence electrons.